The van der Waals surface area contributed by atoms with Gasteiger partial charge in [-0.05, 0) is 25.8 Å². The lowest BCUT2D eigenvalue weighted by molar-refractivity contribution is -0.138. The highest BCUT2D eigenvalue weighted by atomic mass is 16.4. The van der Waals surface area contributed by atoms with Gasteiger partial charge in [0.05, 0.1) is 0 Å². The highest BCUT2D eigenvalue weighted by Gasteiger charge is 2.10. The normalized spacial score (nSPS) is 12.5. The minimum absolute atomic E-state index is 0.0463. The summed E-state index contributed by atoms with van der Waals surface area (Å²) in [5.74, 6) is -0.744. The van der Waals surface area contributed by atoms with E-state index < -0.39 is 5.97 Å². The molecule has 0 aromatic heterocycles. The predicted octanol–water partition coefficient (Wildman–Crippen LogP) is 1.00. The van der Waals surface area contributed by atoms with Crippen molar-refractivity contribution in [1.82, 2.24) is 0 Å². The predicted molar refractivity (Wildman–Crippen MR) is 44.2 cm³/mol. The Kier molecular flexibility index (Phi) is 4.54. The molecular formula is C8H15NO2. The molecule has 0 saturated heterocycles. The smallest absolute Gasteiger partial charge is 0.303 e. The Labute approximate surface area is 66.9 Å². The van der Waals surface area contributed by atoms with E-state index in [4.69, 9.17) is 10.8 Å². The Hall–Kier alpha value is -0.830. The van der Waals surface area contributed by atoms with Crippen molar-refractivity contribution in [3.8, 4) is 0 Å². The zero-order valence-corrected chi connectivity index (χ0v) is 6.84. The molecule has 64 valence electrons. The largest absolute Gasteiger partial charge is 0.481 e. The summed E-state index contributed by atoms with van der Waals surface area (Å²) in [5, 5.41) is 8.44. The first kappa shape index (κ1) is 10.2. The fourth-order valence-corrected chi connectivity index (χ4v) is 0.979. The van der Waals surface area contributed by atoms with E-state index in [2.05, 4.69) is 6.58 Å². The minimum Gasteiger partial charge on any atom is -0.481 e. The number of nitrogens with two attached hydrogens (primary N) is 1. The van der Waals surface area contributed by atoms with E-state index in [1.54, 1.807) is 0 Å². The van der Waals surface area contributed by atoms with Crippen molar-refractivity contribution in [1.29, 1.82) is 0 Å². The van der Waals surface area contributed by atoms with Crippen molar-refractivity contribution < 1.29 is 9.90 Å². The standard InChI is InChI=1S/C8H15NO2/c1-6(2)3-7(5-9)4-8(10)11/h7H,1,3-5,9H2,2H3,(H,10,11)/t7-/m1/s1. The highest BCUT2D eigenvalue weighted by Crippen LogP contribution is 2.11. The third kappa shape index (κ3) is 5.61. The fourth-order valence-electron chi connectivity index (χ4n) is 0.979. The van der Waals surface area contributed by atoms with E-state index in [9.17, 15) is 4.79 Å². The summed E-state index contributed by atoms with van der Waals surface area (Å²) in [7, 11) is 0. The van der Waals surface area contributed by atoms with E-state index in [0.29, 0.717) is 13.0 Å². The fraction of sp³-hybridized carbons (Fsp3) is 0.625. The van der Waals surface area contributed by atoms with Crippen molar-refractivity contribution in [2.45, 2.75) is 19.8 Å². The second kappa shape index (κ2) is 4.91. The van der Waals surface area contributed by atoms with E-state index >= 15 is 0 Å². The van der Waals surface area contributed by atoms with Crippen LogP contribution < -0.4 is 5.73 Å². The number of hydrogen-bond acceptors (Lipinski definition) is 2. The molecule has 1 atom stereocenters. The van der Waals surface area contributed by atoms with Crippen LogP contribution in [0.3, 0.4) is 0 Å². The first-order valence-corrected chi connectivity index (χ1v) is 3.62. The molecule has 0 saturated carbocycles. The Morgan fingerprint density at radius 2 is 2.18 bits per heavy atom. The molecule has 0 aliphatic rings. The Morgan fingerprint density at radius 3 is 2.45 bits per heavy atom. The number of hydrogen-bond donors (Lipinski definition) is 2. The Bertz CT molecular complexity index is 138. The molecule has 3 heteroatoms. The van der Waals surface area contributed by atoms with Gasteiger partial charge in [0.25, 0.3) is 0 Å². The van der Waals surface area contributed by atoms with Crippen LogP contribution in [-0.4, -0.2) is 17.6 Å². The quantitative estimate of drug-likeness (QED) is 0.585. The maximum absolute atomic E-state index is 10.3. The van der Waals surface area contributed by atoms with E-state index in [1.165, 1.54) is 0 Å². The summed E-state index contributed by atoms with van der Waals surface area (Å²) in [4.78, 5) is 10.3. The summed E-state index contributed by atoms with van der Waals surface area (Å²) in [6.45, 7) is 6.00. The number of carboxylic acid groups (broad SMARTS) is 1. The lowest BCUT2D eigenvalue weighted by atomic mass is 9.98. The average molecular weight is 157 g/mol. The molecule has 3 N–H and O–H groups in total. The van der Waals surface area contributed by atoms with E-state index in [-0.39, 0.29) is 12.3 Å². The van der Waals surface area contributed by atoms with Gasteiger partial charge in [0.2, 0.25) is 0 Å². The van der Waals surface area contributed by atoms with Gasteiger partial charge >= 0.3 is 5.97 Å². The van der Waals surface area contributed by atoms with Gasteiger partial charge in [0.1, 0.15) is 0 Å². The van der Waals surface area contributed by atoms with Crippen LogP contribution in [0.5, 0.6) is 0 Å². The average Bonchev–Trinajstić information content (AvgIpc) is 1.84. The molecule has 0 aliphatic carbocycles. The van der Waals surface area contributed by atoms with Crippen LogP contribution >= 0.6 is 0 Å². The number of carboxylic acids is 1. The molecule has 0 fully saturated rings. The number of aliphatic carboxylic acids is 1. The number of allylic oxidation sites excluding steroid dienone is 1. The molecule has 0 aromatic rings. The van der Waals surface area contributed by atoms with Crippen LogP contribution in [0, 0.1) is 5.92 Å². The van der Waals surface area contributed by atoms with Crippen molar-refractivity contribution in [3.05, 3.63) is 12.2 Å². The first-order valence-electron chi connectivity index (χ1n) is 3.62. The van der Waals surface area contributed by atoms with Gasteiger partial charge in [-0.1, -0.05) is 5.57 Å². The van der Waals surface area contributed by atoms with Gasteiger partial charge in [-0.2, -0.15) is 0 Å². The first-order chi connectivity index (χ1) is 5.06. The molecule has 3 nitrogen and oxygen atoms in total. The van der Waals surface area contributed by atoms with Crippen LogP contribution in [0.2, 0.25) is 0 Å². The van der Waals surface area contributed by atoms with E-state index in [1.807, 2.05) is 6.92 Å². The van der Waals surface area contributed by atoms with Crippen LogP contribution in [-0.2, 0) is 4.79 Å². The summed E-state index contributed by atoms with van der Waals surface area (Å²) < 4.78 is 0. The van der Waals surface area contributed by atoms with Gasteiger partial charge in [-0.25, -0.2) is 0 Å². The third-order valence-corrected chi connectivity index (χ3v) is 1.43. The zero-order chi connectivity index (χ0) is 8.85. The van der Waals surface area contributed by atoms with Gasteiger partial charge in [-0.15, -0.1) is 6.58 Å². The summed E-state index contributed by atoms with van der Waals surface area (Å²) in [5.41, 5.74) is 6.35. The molecule has 0 unspecified atom stereocenters. The lowest BCUT2D eigenvalue weighted by Crippen LogP contribution is -2.18. The molecule has 0 bridgehead atoms. The van der Waals surface area contributed by atoms with Crippen LogP contribution in [0.15, 0.2) is 12.2 Å². The second-order valence-corrected chi connectivity index (χ2v) is 2.86. The molecule has 0 aliphatic heterocycles. The van der Waals surface area contributed by atoms with Crippen molar-refractivity contribution in [3.63, 3.8) is 0 Å². The topological polar surface area (TPSA) is 63.3 Å². The van der Waals surface area contributed by atoms with Gasteiger partial charge in [-0.3, -0.25) is 4.79 Å². The summed E-state index contributed by atoms with van der Waals surface area (Å²) >= 11 is 0. The molecule has 0 aromatic carbocycles. The zero-order valence-electron chi connectivity index (χ0n) is 6.84. The second-order valence-electron chi connectivity index (χ2n) is 2.86. The van der Waals surface area contributed by atoms with Crippen LogP contribution in [0.25, 0.3) is 0 Å². The molecule has 0 amide bonds. The molecule has 0 rings (SSSR count). The third-order valence-electron chi connectivity index (χ3n) is 1.43. The number of carbonyl (C=O) groups is 1. The van der Waals surface area contributed by atoms with Gasteiger partial charge < -0.3 is 10.8 Å². The summed E-state index contributed by atoms with van der Waals surface area (Å²) in [6.07, 6.45) is 0.853. The minimum atomic E-state index is -0.790. The lowest BCUT2D eigenvalue weighted by Gasteiger charge is -2.10. The maximum Gasteiger partial charge on any atom is 0.303 e. The van der Waals surface area contributed by atoms with Crippen LogP contribution in [0.1, 0.15) is 19.8 Å². The monoisotopic (exact) mass is 157 g/mol. The van der Waals surface area contributed by atoms with Crippen molar-refractivity contribution in [2.75, 3.05) is 6.54 Å². The molecule has 0 heterocycles. The summed E-state index contributed by atoms with van der Waals surface area (Å²) in [6, 6.07) is 0. The Morgan fingerprint density at radius 1 is 1.64 bits per heavy atom. The maximum atomic E-state index is 10.3. The van der Waals surface area contributed by atoms with Crippen molar-refractivity contribution in [2.24, 2.45) is 11.7 Å². The Balaban J connectivity index is 3.76. The molecular weight excluding hydrogens is 142 g/mol. The van der Waals surface area contributed by atoms with Crippen LogP contribution in [0.4, 0.5) is 0 Å². The highest BCUT2D eigenvalue weighted by molar-refractivity contribution is 5.67. The molecule has 0 radical (unpaired) electrons. The van der Waals surface area contributed by atoms with Gasteiger partial charge in [0, 0.05) is 6.42 Å². The van der Waals surface area contributed by atoms with Gasteiger partial charge in [0.15, 0.2) is 0 Å². The molecule has 0 spiro atoms. The SMILES string of the molecule is C=C(C)C[C@@H](CN)CC(=O)O. The van der Waals surface area contributed by atoms with E-state index in [0.717, 1.165) is 5.57 Å². The molecule has 11 heavy (non-hydrogen) atoms. The number of rotatable bonds is 5. The van der Waals surface area contributed by atoms with Crippen molar-refractivity contribution >= 4 is 5.97 Å².